The van der Waals surface area contributed by atoms with Gasteiger partial charge in [0.2, 0.25) is 22.8 Å². The first-order chi connectivity index (χ1) is 15.3. The molecule has 0 saturated heterocycles. The normalized spacial score (nSPS) is 25.7. The summed E-state index contributed by atoms with van der Waals surface area (Å²) in [5.74, 6) is -1.00. The summed E-state index contributed by atoms with van der Waals surface area (Å²) < 4.78 is 51.9. The Labute approximate surface area is 180 Å². The van der Waals surface area contributed by atoms with Gasteiger partial charge in [0.15, 0.2) is 0 Å². The largest absolute Gasteiger partial charge is 0.553 e. The van der Waals surface area contributed by atoms with Crippen LogP contribution in [0.15, 0.2) is 65.5 Å². The van der Waals surface area contributed by atoms with Crippen molar-refractivity contribution in [2.75, 3.05) is 0 Å². The highest BCUT2D eigenvalue weighted by atomic mass is 19.4. The highest BCUT2D eigenvalue weighted by Crippen LogP contribution is 2.50. The lowest BCUT2D eigenvalue weighted by Gasteiger charge is -2.40. The van der Waals surface area contributed by atoms with E-state index >= 15 is 0 Å². The van der Waals surface area contributed by atoms with Gasteiger partial charge in [-0.3, -0.25) is 0 Å². The molecule has 156 valence electrons. The van der Waals surface area contributed by atoms with E-state index in [0.29, 0.717) is 0 Å². The Morgan fingerprint density at radius 3 is 1.97 bits per heavy atom. The number of rotatable bonds is 0. The van der Waals surface area contributed by atoms with Crippen molar-refractivity contribution in [3.8, 4) is 0 Å². The Bertz CT molecular complexity index is 1720. The average Bonchev–Trinajstić information content (AvgIpc) is 3.52. The van der Waals surface area contributed by atoms with Gasteiger partial charge in [0.05, 0.1) is 27.7 Å². The lowest BCUT2D eigenvalue weighted by atomic mass is 10.0. The van der Waals surface area contributed by atoms with E-state index in [4.69, 9.17) is 0 Å². The zero-order valence-electron chi connectivity index (χ0n) is 17.5. The predicted molar refractivity (Wildman–Crippen MR) is 113 cm³/mol. The smallest absolute Gasteiger partial charge is 0.198 e. The van der Waals surface area contributed by atoms with Crippen molar-refractivity contribution in [3.63, 3.8) is 0 Å². The molecule has 0 bridgehead atoms. The van der Waals surface area contributed by atoms with Crippen molar-refractivity contribution in [3.05, 3.63) is 87.6 Å². The molecular weight excluding hydrogens is 413 g/mol. The molecule has 0 amide bonds. The first-order valence-electron chi connectivity index (χ1n) is 10.6. The molecule has 6 aliphatic rings. The Morgan fingerprint density at radius 1 is 0.688 bits per heavy atom. The van der Waals surface area contributed by atoms with E-state index in [1.807, 2.05) is 35.1 Å². The molecule has 8 heterocycles. The number of hydrogen-bond acceptors (Lipinski definition) is 0. The van der Waals surface area contributed by atoms with Crippen LogP contribution in [0.4, 0.5) is 13.2 Å². The van der Waals surface area contributed by atoms with Crippen LogP contribution in [0.5, 0.6) is 0 Å². The maximum atomic E-state index is 14.5. The standard InChI is InChI=1S/C25H17F3N4/c1-12-15-4-6-17-13(2)19-8-10-21-23(24(26,27)28)22-11-9-20-14(3)18-7-5-16(12)30(18)25(29(15)17,31(19)21)32(20)22/h4-11H,1-3H3/q+2. The quantitative estimate of drug-likeness (QED) is 0.572. The van der Waals surface area contributed by atoms with Crippen LogP contribution in [0.3, 0.4) is 0 Å². The summed E-state index contributed by atoms with van der Waals surface area (Å²) in [6.07, 6.45) is 3.92. The number of hydrogen-bond donors (Lipinski definition) is 0. The van der Waals surface area contributed by atoms with Crippen molar-refractivity contribution in [2.45, 2.75) is 32.9 Å². The summed E-state index contributed by atoms with van der Waals surface area (Å²) in [7, 11) is 0. The topological polar surface area (TPSA) is 15.9 Å². The second-order valence-corrected chi connectivity index (χ2v) is 9.10. The van der Waals surface area contributed by atoms with E-state index in [9.17, 15) is 13.2 Å². The molecule has 1 atom stereocenters. The third-order valence-electron chi connectivity index (χ3n) is 7.82. The SMILES string of the molecule is CC1=C2C=CC3=[N+]2C24n5c(ccc5C(C(F)(F)F)=c5ccc(n52)=C3C)C(C)=C2C=CC1=[N+]24. The number of allylic oxidation sites excluding steroid dienone is 6. The first-order valence-corrected chi connectivity index (χ1v) is 10.6. The molecule has 6 aliphatic heterocycles. The van der Waals surface area contributed by atoms with Crippen LogP contribution in [0.2, 0.25) is 0 Å². The molecule has 1 unspecified atom stereocenters. The Morgan fingerprint density at radius 2 is 1.28 bits per heavy atom. The lowest BCUT2D eigenvalue weighted by molar-refractivity contribution is -0.837. The van der Waals surface area contributed by atoms with E-state index < -0.39 is 17.7 Å². The van der Waals surface area contributed by atoms with Gasteiger partial charge < -0.3 is 0 Å². The van der Waals surface area contributed by atoms with Crippen molar-refractivity contribution < 1.29 is 22.3 Å². The third kappa shape index (κ3) is 1.40. The fourth-order valence-corrected chi connectivity index (χ4v) is 6.60. The lowest BCUT2D eigenvalue weighted by Crippen LogP contribution is -2.71. The van der Waals surface area contributed by atoms with Gasteiger partial charge in [-0.15, -0.1) is 0 Å². The van der Waals surface area contributed by atoms with Gasteiger partial charge in [-0.05, 0) is 45.0 Å². The molecule has 0 fully saturated rings. The highest BCUT2D eigenvalue weighted by molar-refractivity contribution is 6.23. The molecule has 1 spiro atoms. The van der Waals surface area contributed by atoms with E-state index in [2.05, 4.69) is 40.4 Å². The molecule has 2 aromatic heterocycles. The summed E-state index contributed by atoms with van der Waals surface area (Å²) in [6.45, 7) is 6.09. The Balaban J connectivity index is 1.75. The van der Waals surface area contributed by atoms with Gasteiger partial charge >= 0.3 is 12.1 Å². The average molecular weight is 430 g/mol. The molecule has 7 heteroatoms. The molecule has 0 saturated carbocycles. The summed E-state index contributed by atoms with van der Waals surface area (Å²) in [5.41, 5.74) is 7.63. The zero-order chi connectivity index (χ0) is 21.9. The van der Waals surface area contributed by atoms with Crippen LogP contribution < -0.4 is 10.7 Å². The minimum absolute atomic E-state index is 0.207. The predicted octanol–water partition coefficient (Wildman–Crippen LogP) is 2.74. The summed E-state index contributed by atoms with van der Waals surface area (Å²) in [5, 5.41) is 1.02. The monoisotopic (exact) mass is 430 g/mol. The second-order valence-electron chi connectivity index (χ2n) is 9.10. The van der Waals surface area contributed by atoms with Crippen molar-refractivity contribution in [2.24, 2.45) is 0 Å². The van der Waals surface area contributed by atoms with Crippen LogP contribution in [-0.2, 0) is 5.91 Å². The van der Waals surface area contributed by atoms with Gasteiger partial charge in [-0.2, -0.15) is 22.3 Å². The summed E-state index contributed by atoms with van der Waals surface area (Å²) in [4.78, 5) is 0. The number of halogens is 3. The molecule has 8 rings (SSSR count). The minimum atomic E-state index is -4.48. The molecular formula is C25H17F3N4+2. The maximum Gasteiger partial charge on any atom is 0.553 e. The van der Waals surface area contributed by atoms with Crippen LogP contribution in [0.1, 0.15) is 32.2 Å². The second kappa shape index (κ2) is 4.60. The fraction of sp³-hybridized carbons (Fsp3) is 0.200. The molecule has 0 radical (unpaired) electrons. The summed E-state index contributed by atoms with van der Waals surface area (Å²) >= 11 is 0. The molecule has 0 aromatic carbocycles. The van der Waals surface area contributed by atoms with Gasteiger partial charge in [0.25, 0.3) is 0 Å². The minimum Gasteiger partial charge on any atom is -0.198 e. The first kappa shape index (κ1) is 17.0. The molecule has 32 heavy (non-hydrogen) atoms. The molecule has 4 nitrogen and oxygen atoms in total. The third-order valence-corrected chi connectivity index (χ3v) is 7.82. The number of alkyl halides is 3. The fourth-order valence-electron chi connectivity index (χ4n) is 6.60. The van der Waals surface area contributed by atoms with Crippen molar-refractivity contribution in [1.82, 2.24) is 9.13 Å². The molecule has 0 N–H and O–H groups in total. The van der Waals surface area contributed by atoms with Gasteiger partial charge in [-0.25, -0.2) is 0 Å². The van der Waals surface area contributed by atoms with E-state index in [1.54, 1.807) is 12.1 Å². The van der Waals surface area contributed by atoms with Crippen LogP contribution in [0.25, 0.3) is 16.7 Å². The van der Waals surface area contributed by atoms with Gasteiger partial charge in [0.1, 0.15) is 5.57 Å². The maximum absolute atomic E-state index is 14.5. The van der Waals surface area contributed by atoms with E-state index in [0.717, 1.165) is 50.6 Å². The number of aromatic nitrogens is 2. The van der Waals surface area contributed by atoms with E-state index in [-0.39, 0.29) is 11.0 Å². The Kier molecular flexibility index (Phi) is 2.44. The van der Waals surface area contributed by atoms with Crippen LogP contribution in [0, 0.1) is 0 Å². The van der Waals surface area contributed by atoms with Gasteiger partial charge in [0, 0.05) is 35.5 Å². The zero-order valence-corrected chi connectivity index (χ0v) is 17.5. The van der Waals surface area contributed by atoms with Crippen molar-refractivity contribution >= 4 is 28.1 Å². The number of nitrogens with zero attached hydrogens (tertiary/aromatic N) is 4. The van der Waals surface area contributed by atoms with Crippen molar-refractivity contribution in [1.29, 1.82) is 0 Å². The Hall–Kier alpha value is -3.61. The van der Waals surface area contributed by atoms with E-state index in [1.165, 1.54) is 0 Å². The molecule has 0 aliphatic carbocycles. The molecule has 2 aromatic rings. The summed E-state index contributed by atoms with van der Waals surface area (Å²) in [6, 6.07) is 6.95. The van der Waals surface area contributed by atoms with Gasteiger partial charge in [-0.1, -0.05) is 9.15 Å². The highest BCUT2D eigenvalue weighted by Gasteiger charge is 2.72. The van der Waals surface area contributed by atoms with Crippen LogP contribution in [-0.4, -0.2) is 35.9 Å². The van der Waals surface area contributed by atoms with Crippen LogP contribution >= 0.6 is 0 Å².